The first kappa shape index (κ1) is 32.6. The second-order valence-electron chi connectivity index (χ2n) is 18.9. The number of aliphatic hydroxyl groups is 1. The molecule has 5 aliphatic carbocycles. The number of likely N-dealkylation sites (tertiary alicyclic amines) is 1. The maximum Gasteiger partial charge on any atom is 0.410 e. The Morgan fingerprint density at radius 2 is 1.70 bits per heavy atom. The predicted octanol–water partition coefficient (Wildman–Crippen LogP) is 5.73. The molecule has 8 fully saturated rings. The van der Waals surface area contributed by atoms with Gasteiger partial charge in [-0.3, -0.25) is 0 Å². The molecule has 8 rings (SSSR count). The van der Waals surface area contributed by atoms with Crippen LogP contribution in [0.15, 0.2) is 0 Å². The summed E-state index contributed by atoms with van der Waals surface area (Å²) in [6, 6.07) is 0.181. The van der Waals surface area contributed by atoms with E-state index in [4.69, 9.17) is 14.2 Å². The molecule has 0 unspecified atom stereocenters. The first-order valence-electron chi connectivity index (χ1n) is 19.2. The highest BCUT2D eigenvalue weighted by Gasteiger charge is 2.84. The molecule has 0 aromatic rings. The molecule has 3 N–H and O–H groups in total. The smallest absolute Gasteiger partial charge is 0.410 e. The van der Waals surface area contributed by atoms with Crippen molar-refractivity contribution in [2.45, 2.75) is 143 Å². The van der Waals surface area contributed by atoms with Crippen LogP contribution in [0.3, 0.4) is 0 Å². The highest BCUT2D eigenvalue weighted by atomic mass is 16.6. The van der Waals surface area contributed by atoms with Crippen molar-refractivity contribution in [1.29, 1.82) is 0 Å². The van der Waals surface area contributed by atoms with Gasteiger partial charge in [-0.25, -0.2) is 9.59 Å². The lowest BCUT2D eigenvalue weighted by atomic mass is 9.41. The molecule has 3 heterocycles. The fraction of sp³-hybridized carbons (Fsp3) is 0.947. The normalized spacial score (nSPS) is 49.9. The quantitative estimate of drug-likeness (QED) is 0.347. The molecule has 9 nitrogen and oxygen atoms in total. The molecule has 0 radical (unpaired) electrons. The number of fused-ring (bicyclic) bond motifs is 4. The zero-order valence-corrected chi connectivity index (χ0v) is 30.0. The van der Waals surface area contributed by atoms with E-state index in [1.165, 1.54) is 12.8 Å². The SMILES string of the molecule is CC(C)[C@@H](OC(=O)N1CCC1)[C@H]1C[C@@H](C)[C@H]2[C@H](O1)[C@H](O)[C@@]1(C)[C@@H]3CC[C@H]4C(C)(C)[C@@H](OC(=O)NC5CNC5)CC[C@@]45C[C@@]35CC[C@]21C. The number of hydrogen-bond acceptors (Lipinski definition) is 7. The van der Waals surface area contributed by atoms with Crippen molar-refractivity contribution < 1.29 is 28.9 Å². The minimum Gasteiger partial charge on any atom is -0.446 e. The van der Waals surface area contributed by atoms with Crippen LogP contribution in [0.4, 0.5) is 9.59 Å². The molecular weight excluding hydrogens is 594 g/mol. The van der Waals surface area contributed by atoms with Crippen molar-refractivity contribution in [3.8, 4) is 0 Å². The molecular formula is C38H61N3O6. The highest BCUT2D eigenvalue weighted by molar-refractivity contribution is 5.69. The van der Waals surface area contributed by atoms with Gasteiger partial charge in [0.15, 0.2) is 0 Å². The van der Waals surface area contributed by atoms with E-state index >= 15 is 0 Å². The van der Waals surface area contributed by atoms with E-state index in [9.17, 15) is 14.7 Å². The van der Waals surface area contributed by atoms with Crippen molar-refractivity contribution in [3.63, 3.8) is 0 Å². The molecule has 2 spiro atoms. The van der Waals surface area contributed by atoms with Crippen LogP contribution < -0.4 is 10.6 Å². The molecule has 5 saturated carbocycles. The topological polar surface area (TPSA) is 109 Å². The Morgan fingerprint density at radius 1 is 1.00 bits per heavy atom. The van der Waals surface area contributed by atoms with Crippen molar-refractivity contribution in [2.75, 3.05) is 26.2 Å². The van der Waals surface area contributed by atoms with Crippen LogP contribution in [-0.2, 0) is 14.2 Å². The molecule has 3 saturated heterocycles. The molecule has 0 aromatic carbocycles. The van der Waals surface area contributed by atoms with Crippen LogP contribution in [0, 0.1) is 56.7 Å². The van der Waals surface area contributed by atoms with E-state index in [0.29, 0.717) is 17.8 Å². The lowest BCUT2D eigenvalue weighted by Gasteiger charge is -2.63. The maximum atomic E-state index is 12.9. The summed E-state index contributed by atoms with van der Waals surface area (Å²) in [4.78, 5) is 27.5. The minimum absolute atomic E-state index is 0.0139. The Kier molecular flexibility index (Phi) is 7.43. The number of carbonyl (C=O) groups is 2. The number of carbonyl (C=O) groups excluding carboxylic acids is 2. The van der Waals surface area contributed by atoms with Crippen LogP contribution in [0.5, 0.6) is 0 Å². The van der Waals surface area contributed by atoms with Gasteiger partial charge in [0, 0.05) is 37.0 Å². The van der Waals surface area contributed by atoms with Crippen LogP contribution in [0.1, 0.15) is 106 Å². The van der Waals surface area contributed by atoms with Gasteiger partial charge in [0.1, 0.15) is 12.2 Å². The monoisotopic (exact) mass is 655 g/mol. The largest absolute Gasteiger partial charge is 0.446 e. The Morgan fingerprint density at radius 3 is 2.34 bits per heavy atom. The first-order valence-corrected chi connectivity index (χ1v) is 19.2. The number of nitrogens with zero attached hydrogens (tertiary/aromatic N) is 1. The molecule has 264 valence electrons. The fourth-order valence-corrected chi connectivity index (χ4v) is 13.8. The van der Waals surface area contributed by atoms with Crippen LogP contribution >= 0.6 is 0 Å². The zero-order valence-electron chi connectivity index (χ0n) is 30.0. The second kappa shape index (κ2) is 10.7. The number of aliphatic hydroxyl groups excluding tert-OH is 1. The summed E-state index contributed by atoms with van der Waals surface area (Å²) in [6.45, 7) is 19.4. The molecule has 0 aromatic heterocycles. The van der Waals surface area contributed by atoms with Gasteiger partial charge in [0.25, 0.3) is 0 Å². The second-order valence-corrected chi connectivity index (χ2v) is 18.9. The average molecular weight is 656 g/mol. The number of nitrogens with one attached hydrogen (secondary N) is 2. The molecule has 8 aliphatic rings. The number of alkyl carbamates (subject to hydrolysis) is 1. The third-order valence-electron chi connectivity index (χ3n) is 16.5. The third kappa shape index (κ3) is 4.30. The van der Waals surface area contributed by atoms with Gasteiger partial charge < -0.3 is 34.9 Å². The molecule has 13 atom stereocenters. The van der Waals surface area contributed by atoms with Crippen molar-refractivity contribution in [1.82, 2.24) is 15.5 Å². The summed E-state index contributed by atoms with van der Waals surface area (Å²) in [5, 5.41) is 18.9. The van der Waals surface area contributed by atoms with Gasteiger partial charge in [0.2, 0.25) is 0 Å². The maximum absolute atomic E-state index is 12.9. The van der Waals surface area contributed by atoms with E-state index < -0.39 is 6.10 Å². The van der Waals surface area contributed by atoms with Gasteiger partial charge in [-0.15, -0.1) is 0 Å². The molecule has 0 bridgehead atoms. The van der Waals surface area contributed by atoms with E-state index in [2.05, 4.69) is 59.1 Å². The number of rotatable bonds is 5. The number of ether oxygens (including phenoxy) is 3. The van der Waals surface area contributed by atoms with E-state index in [-0.39, 0.29) is 81.6 Å². The molecule has 47 heavy (non-hydrogen) atoms. The summed E-state index contributed by atoms with van der Waals surface area (Å²) in [5.41, 5.74) is 0.175. The van der Waals surface area contributed by atoms with Crippen molar-refractivity contribution in [2.24, 2.45) is 56.7 Å². The van der Waals surface area contributed by atoms with E-state index in [1.54, 1.807) is 4.90 Å². The number of amides is 2. The summed E-state index contributed by atoms with van der Waals surface area (Å²) >= 11 is 0. The Hall–Kier alpha value is -1.58. The Labute approximate surface area is 282 Å². The van der Waals surface area contributed by atoms with E-state index in [0.717, 1.165) is 71.1 Å². The molecule has 9 heteroatoms. The van der Waals surface area contributed by atoms with Gasteiger partial charge in [0.05, 0.1) is 24.4 Å². The Bertz CT molecular complexity index is 1280. The summed E-state index contributed by atoms with van der Waals surface area (Å²) in [6.07, 6.45) is 7.93. The fourth-order valence-electron chi connectivity index (χ4n) is 13.8. The van der Waals surface area contributed by atoms with Gasteiger partial charge in [-0.2, -0.15) is 0 Å². The Balaban J connectivity index is 1.03. The molecule has 3 aliphatic heterocycles. The zero-order chi connectivity index (χ0) is 33.3. The van der Waals surface area contributed by atoms with E-state index in [1.807, 2.05) is 0 Å². The summed E-state index contributed by atoms with van der Waals surface area (Å²) in [5.74, 6) is 1.76. The van der Waals surface area contributed by atoms with Crippen LogP contribution in [0.2, 0.25) is 0 Å². The minimum atomic E-state index is -0.546. The molecule has 2 amide bonds. The predicted molar refractivity (Wildman–Crippen MR) is 177 cm³/mol. The standard InChI is InChI=1S/C38H61N3O6/c1-21(2)29(47-33(44)41-15-8-16-41)24-17-22(3)28-30(45-24)31(42)36(7)26-10-9-25-34(4,5)27(46-32(43)40-23-18-39-19-23)11-12-37(25)20-38(26,37)14-13-35(28,36)6/h21-31,39,42H,8-20H2,1-7H3,(H,40,43)/t22-,24-,25+,26+,27+,28+,29-,30+,31+,35-,36-,37-,38+/m1/s1. The van der Waals surface area contributed by atoms with Gasteiger partial charge >= 0.3 is 12.2 Å². The van der Waals surface area contributed by atoms with Crippen LogP contribution in [-0.4, -0.2) is 84.9 Å². The highest BCUT2D eigenvalue weighted by Crippen LogP contribution is 2.89. The van der Waals surface area contributed by atoms with Crippen molar-refractivity contribution in [3.05, 3.63) is 0 Å². The lowest BCUT2D eigenvalue weighted by Crippen LogP contribution is -2.60. The lowest BCUT2D eigenvalue weighted by molar-refractivity contribution is -0.185. The number of hydrogen-bond donors (Lipinski definition) is 3. The third-order valence-corrected chi connectivity index (χ3v) is 16.5. The summed E-state index contributed by atoms with van der Waals surface area (Å²) < 4.78 is 19.3. The summed E-state index contributed by atoms with van der Waals surface area (Å²) in [7, 11) is 0. The van der Waals surface area contributed by atoms with Crippen molar-refractivity contribution >= 4 is 12.2 Å². The van der Waals surface area contributed by atoms with Gasteiger partial charge in [-0.05, 0) is 104 Å². The average Bonchev–Trinajstić information content (AvgIpc) is 3.59. The van der Waals surface area contributed by atoms with Crippen LogP contribution in [0.25, 0.3) is 0 Å². The van der Waals surface area contributed by atoms with Gasteiger partial charge in [-0.1, -0.05) is 48.5 Å². The first-order chi connectivity index (χ1) is 22.2.